The van der Waals surface area contributed by atoms with Crippen LogP contribution in [-0.2, 0) is 10.0 Å². The molecule has 1 aromatic heterocycles. The Balaban J connectivity index is 2.57. The van der Waals surface area contributed by atoms with E-state index in [9.17, 15) is 8.42 Å². The maximum atomic E-state index is 12.9. The van der Waals surface area contributed by atoms with Gasteiger partial charge >= 0.3 is 0 Å². The highest BCUT2D eigenvalue weighted by molar-refractivity contribution is 9.10. The van der Waals surface area contributed by atoms with Gasteiger partial charge in [-0.15, -0.1) is 0 Å². The fraction of sp³-hybridized carbons (Fsp3) is 0.214. The minimum atomic E-state index is -3.93. The van der Waals surface area contributed by atoms with E-state index in [0.717, 1.165) is 4.31 Å². The van der Waals surface area contributed by atoms with Crippen LogP contribution in [0.15, 0.2) is 39.7 Å². The van der Waals surface area contributed by atoms with Gasteiger partial charge in [-0.2, -0.15) is 4.98 Å². The molecule has 0 atom stereocenters. The summed E-state index contributed by atoms with van der Waals surface area (Å²) < 4.78 is 37.5. The Morgan fingerprint density at radius 2 is 1.91 bits per heavy atom. The van der Waals surface area contributed by atoms with E-state index in [1.165, 1.54) is 27.3 Å². The van der Waals surface area contributed by atoms with Crippen LogP contribution in [0.25, 0.3) is 0 Å². The van der Waals surface area contributed by atoms with Gasteiger partial charge in [-0.05, 0) is 34.1 Å². The largest absolute Gasteiger partial charge is 0.494 e. The molecule has 0 radical (unpaired) electrons. The van der Waals surface area contributed by atoms with Gasteiger partial charge in [0, 0.05) is 18.1 Å². The number of halogens is 2. The highest BCUT2D eigenvalue weighted by Crippen LogP contribution is 2.37. The summed E-state index contributed by atoms with van der Waals surface area (Å²) in [5.41, 5.74) is 0. The minimum absolute atomic E-state index is 0.0634. The van der Waals surface area contributed by atoms with Crippen molar-refractivity contribution < 1.29 is 17.9 Å². The highest BCUT2D eigenvalue weighted by Gasteiger charge is 2.28. The molecular weight excluding hydrogens is 408 g/mol. The predicted octanol–water partition coefficient (Wildman–Crippen LogP) is 3.34. The summed E-state index contributed by atoms with van der Waals surface area (Å²) >= 11 is 9.23. The lowest BCUT2D eigenvalue weighted by Crippen LogP contribution is -2.28. The second-order valence-electron chi connectivity index (χ2n) is 4.43. The van der Waals surface area contributed by atoms with Gasteiger partial charge in [0.2, 0.25) is 5.88 Å². The first-order chi connectivity index (χ1) is 10.8. The first-order valence-electron chi connectivity index (χ1n) is 6.34. The Morgan fingerprint density at radius 3 is 2.52 bits per heavy atom. The molecule has 2 aromatic rings. The molecule has 0 fully saturated rings. The number of ether oxygens (including phenoxy) is 2. The van der Waals surface area contributed by atoms with Crippen molar-refractivity contribution >= 4 is 43.4 Å². The third-order valence-electron chi connectivity index (χ3n) is 3.06. The molecule has 1 aromatic carbocycles. The molecule has 0 unspecified atom stereocenters. The lowest BCUT2D eigenvalue weighted by molar-refractivity contribution is 0.398. The highest BCUT2D eigenvalue weighted by atomic mass is 79.9. The van der Waals surface area contributed by atoms with Crippen molar-refractivity contribution in [1.29, 1.82) is 0 Å². The molecule has 0 spiro atoms. The van der Waals surface area contributed by atoms with Crippen LogP contribution in [0.4, 0.5) is 5.82 Å². The number of nitrogens with zero attached hydrogens (tertiary/aromatic N) is 2. The van der Waals surface area contributed by atoms with Crippen LogP contribution in [0.2, 0.25) is 5.02 Å². The van der Waals surface area contributed by atoms with E-state index in [1.54, 1.807) is 24.3 Å². The molecular formula is C14H14BrClN2O4S. The quantitative estimate of drug-likeness (QED) is 0.740. The van der Waals surface area contributed by atoms with Gasteiger partial charge in [0.25, 0.3) is 10.0 Å². The summed E-state index contributed by atoms with van der Waals surface area (Å²) in [5, 5.41) is 0.267. The fourth-order valence-corrected chi connectivity index (χ4v) is 4.40. The van der Waals surface area contributed by atoms with Gasteiger partial charge in [0.05, 0.1) is 18.7 Å². The second kappa shape index (κ2) is 6.94. The number of hydrogen-bond donors (Lipinski definition) is 0. The number of hydrogen-bond acceptors (Lipinski definition) is 5. The third kappa shape index (κ3) is 3.54. The Kier molecular flexibility index (Phi) is 5.38. The summed E-state index contributed by atoms with van der Waals surface area (Å²) in [6.07, 6.45) is 0. The minimum Gasteiger partial charge on any atom is -0.494 e. The van der Waals surface area contributed by atoms with E-state index in [1.807, 2.05) is 0 Å². The molecule has 0 bridgehead atoms. The predicted molar refractivity (Wildman–Crippen MR) is 92.1 cm³/mol. The van der Waals surface area contributed by atoms with E-state index in [0.29, 0.717) is 10.4 Å². The molecule has 6 nitrogen and oxygen atoms in total. The first kappa shape index (κ1) is 17.8. The topological polar surface area (TPSA) is 68.7 Å². The van der Waals surface area contributed by atoms with Gasteiger partial charge in [-0.25, -0.2) is 8.42 Å². The SMILES string of the molecule is COc1cccc(N(C)S(=O)(=O)c2cc(Cl)cc(Br)c2OC)n1. The van der Waals surface area contributed by atoms with Crippen LogP contribution < -0.4 is 13.8 Å². The van der Waals surface area contributed by atoms with E-state index < -0.39 is 10.0 Å². The van der Waals surface area contributed by atoms with Gasteiger partial charge < -0.3 is 9.47 Å². The molecule has 2 rings (SSSR count). The molecule has 0 aliphatic heterocycles. The zero-order valence-corrected chi connectivity index (χ0v) is 15.7. The van der Waals surface area contributed by atoms with Crippen LogP contribution in [0.5, 0.6) is 11.6 Å². The van der Waals surface area contributed by atoms with Crippen LogP contribution in [0.3, 0.4) is 0 Å². The molecule has 9 heteroatoms. The Hall–Kier alpha value is -1.51. The second-order valence-corrected chi connectivity index (χ2v) is 7.66. The molecule has 124 valence electrons. The number of rotatable bonds is 5. The first-order valence-corrected chi connectivity index (χ1v) is 8.95. The van der Waals surface area contributed by atoms with Crippen molar-refractivity contribution in [2.45, 2.75) is 4.90 Å². The maximum absolute atomic E-state index is 12.9. The Morgan fingerprint density at radius 1 is 1.22 bits per heavy atom. The summed E-state index contributed by atoms with van der Waals surface area (Å²) in [7, 11) is 0.307. The molecule has 0 N–H and O–H groups in total. The van der Waals surface area contributed by atoms with E-state index in [-0.39, 0.29) is 21.5 Å². The van der Waals surface area contributed by atoms with Crippen molar-refractivity contribution in [3.63, 3.8) is 0 Å². The Bertz CT molecular complexity index is 830. The molecule has 0 aliphatic carbocycles. The smallest absolute Gasteiger partial charge is 0.269 e. The van der Waals surface area contributed by atoms with E-state index in [2.05, 4.69) is 20.9 Å². The summed E-state index contributed by atoms with van der Waals surface area (Å²) in [4.78, 5) is 4.06. The monoisotopic (exact) mass is 420 g/mol. The van der Waals surface area contributed by atoms with Gasteiger partial charge in [0.1, 0.15) is 10.7 Å². The third-order valence-corrected chi connectivity index (χ3v) is 5.63. The van der Waals surface area contributed by atoms with E-state index >= 15 is 0 Å². The zero-order chi connectivity index (χ0) is 17.2. The van der Waals surface area contributed by atoms with Gasteiger partial charge in [-0.1, -0.05) is 17.7 Å². The molecule has 0 aliphatic rings. The normalized spacial score (nSPS) is 11.2. The summed E-state index contributed by atoms with van der Waals surface area (Å²) in [6.45, 7) is 0. The molecule has 0 saturated heterocycles. The van der Waals surface area contributed by atoms with Gasteiger partial charge in [0.15, 0.2) is 5.75 Å². The van der Waals surface area contributed by atoms with Crippen LogP contribution in [0, 0.1) is 0 Å². The van der Waals surface area contributed by atoms with Crippen molar-refractivity contribution in [2.24, 2.45) is 0 Å². The number of sulfonamides is 1. The van der Waals surface area contributed by atoms with Gasteiger partial charge in [-0.3, -0.25) is 4.31 Å². The number of anilines is 1. The van der Waals surface area contributed by atoms with Crippen LogP contribution in [0.1, 0.15) is 0 Å². The lowest BCUT2D eigenvalue weighted by atomic mass is 10.3. The lowest BCUT2D eigenvalue weighted by Gasteiger charge is -2.21. The van der Waals surface area contributed by atoms with E-state index in [4.69, 9.17) is 21.1 Å². The number of aromatic nitrogens is 1. The molecule has 23 heavy (non-hydrogen) atoms. The Labute approximate surface area is 148 Å². The van der Waals surface area contributed by atoms with Crippen molar-refractivity contribution in [2.75, 3.05) is 25.6 Å². The molecule has 0 saturated carbocycles. The number of pyridine rings is 1. The van der Waals surface area contributed by atoms with Crippen molar-refractivity contribution in [1.82, 2.24) is 4.98 Å². The summed E-state index contributed by atoms with van der Waals surface area (Å²) in [5.74, 6) is 0.690. The summed E-state index contributed by atoms with van der Waals surface area (Å²) in [6, 6.07) is 7.73. The van der Waals surface area contributed by atoms with Crippen molar-refractivity contribution in [3.05, 3.63) is 39.8 Å². The number of methoxy groups -OCH3 is 2. The molecule has 0 amide bonds. The maximum Gasteiger partial charge on any atom is 0.269 e. The molecule has 1 heterocycles. The standard InChI is InChI=1S/C14H14BrClN2O4S/c1-18(12-5-4-6-13(17-12)21-2)23(19,20)11-8-9(16)7-10(15)14(11)22-3/h4-8H,1-3H3. The average molecular weight is 422 g/mol. The average Bonchev–Trinajstić information content (AvgIpc) is 2.53. The zero-order valence-electron chi connectivity index (χ0n) is 12.6. The van der Waals surface area contributed by atoms with Crippen LogP contribution >= 0.6 is 27.5 Å². The van der Waals surface area contributed by atoms with Crippen LogP contribution in [-0.4, -0.2) is 34.7 Å². The van der Waals surface area contributed by atoms with Crippen molar-refractivity contribution in [3.8, 4) is 11.6 Å². The number of benzene rings is 1. The fourth-order valence-electron chi connectivity index (χ4n) is 1.89.